The fraction of sp³-hybridized carbons (Fsp3) is 0.348. The lowest BCUT2D eigenvalue weighted by Crippen LogP contribution is -3.10. The molecule has 0 spiro atoms. The molecule has 1 aromatic carbocycles. The van der Waals surface area contributed by atoms with Gasteiger partial charge < -0.3 is 10.2 Å². The molecule has 3 heterocycles. The maximum absolute atomic E-state index is 12.3. The number of fused-ring (bicyclic) bond motifs is 1. The van der Waals surface area contributed by atoms with Gasteiger partial charge >= 0.3 is 0 Å². The third-order valence-corrected chi connectivity index (χ3v) is 6.66. The Bertz CT molecular complexity index is 1100. The van der Waals surface area contributed by atoms with Crippen LogP contribution in [0.25, 0.3) is 0 Å². The van der Waals surface area contributed by atoms with Crippen LogP contribution in [0, 0.1) is 0 Å². The van der Waals surface area contributed by atoms with Gasteiger partial charge in [0, 0.05) is 41.2 Å². The highest BCUT2D eigenvalue weighted by Gasteiger charge is 2.32. The fourth-order valence-corrected chi connectivity index (χ4v) is 4.62. The van der Waals surface area contributed by atoms with Crippen molar-refractivity contribution in [1.29, 1.82) is 0 Å². The predicted molar refractivity (Wildman–Crippen MR) is 130 cm³/mol. The van der Waals surface area contributed by atoms with Crippen LogP contribution in [0.1, 0.15) is 34.8 Å². The molecule has 3 aliphatic rings. The van der Waals surface area contributed by atoms with Gasteiger partial charge in [-0.25, -0.2) is 9.89 Å². The second kappa shape index (κ2) is 9.42. The monoisotopic (exact) mass is 465 g/mol. The summed E-state index contributed by atoms with van der Waals surface area (Å²) in [4.78, 5) is 21.1. The molecule has 10 heteroatoms. The number of quaternary nitrogens is 1. The Morgan fingerprint density at radius 3 is 2.88 bits per heavy atom. The minimum Gasteiger partial charge on any atom is -0.351 e. The van der Waals surface area contributed by atoms with Gasteiger partial charge in [0.2, 0.25) is 11.7 Å². The Labute approximate surface area is 197 Å². The lowest BCUT2D eigenvalue weighted by atomic mass is 10.2. The van der Waals surface area contributed by atoms with E-state index in [0.717, 1.165) is 33.8 Å². The quantitative estimate of drug-likeness (QED) is 0.420. The number of aliphatic imine (C=N–C) groups is 1. The van der Waals surface area contributed by atoms with Gasteiger partial charge in [-0.15, -0.1) is 0 Å². The average molecular weight is 466 g/mol. The molecule has 2 aromatic rings. The first-order valence-corrected chi connectivity index (χ1v) is 11.9. The lowest BCUT2D eigenvalue weighted by molar-refractivity contribution is -0.699. The highest BCUT2D eigenvalue weighted by Crippen LogP contribution is 2.39. The molecule has 1 aliphatic carbocycles. The van der Waals surface area contributed by atoms with E-state index in [1.165, 1.54) is 18.5 Å². The molecule has 0 bridgehead atoms. The molecule has 1 unspecified atom stereocenters. The SMILES string of the molecule is CN(C)CCNC(=O)c1ccc(SN2C=C(Nc3cc(C4CC4)[nH]n3)[NH+]3C=CN=C3C2)cc1. The Hall–Kier alpha value is -3.08. The van der Waals surface area contributed by atoms with Crippen molar-refractivity contribution in [3.05, 3.63) is 66.0 Å². The lowest BCUT2D eigenvalue weighted by Gasteiger charge is -2.27. The van der Waals surface area contributed by atoms with Crippen molar-refractivity contribution in [2.45, 2.75) is 23.7 Å². The molecular weight excluding hydrogens is 436 g/mol. The summed E-state index contributed by atoms with van der Waals surface area (Å²) in [6.45, 7) is 2.15. The number of rotatable bonds is 9. The van der Waals surface area contributed by atoms with Crippen molar-refractivity contribution in [3.63, 3.8) is 0 Å². The molecule has 4 N–H and O–H groups in total. The fourth-order valence-electron chi connectivity index (χ4n) is 3.74. The van der Waals surface area contributed by atoms with Crippen LogP contribution < -0.4 is 15.5 Å². The van der Waals surface area contributed by atoms with Crippen LogP contribution in [0.3, 0.4) is 0 Å². The molecule has 1 saturated carbocycles. The van der Waals surface area contributed by atoms with E-state index in [1.54, 1.807) is 11.9 Å². The van der Waals surface area contributed by atoms with Crippen molar-refractivity contribution in [1.82, 2.24) is 24.7 Å². The van der Waals surface area contributed by atoms with Crippen LogP contribution in [0.5, 0.6) is 0 Å². The number of H-pyrrole nitrogens is 1. The van der Waals surface area contributed by atoms with E-state index >= 15 is 0 Å². The molecule has 1 amide bonds. The Kier molecular flexibility index (Phi) is 6.21. The average Bonchev–Trinajstić information content (AvgIpc) is 3.35. The number of aromatic nitrogens is 2. The normalized spacial score (nSPS) is 19.4. The van der Waals surface area contributed by atoms with Crippen molar-refractivity contribution < 1.29 is 9.69 Å². The Morgan fingerprint density at radius 2 is 2.12 bits per heavy atom. The summed E-state index contributed by atoms with van der Waals surface area (Å²) in [7, 11) is 3.98. The van der Waals surface area contributed by atoms with E-state index < -0.39 is 0 Å². The van der Waals surface area contributed by atoms with Gasteiger partial charge in [0.25, 0.3) is 5.91 Å². The topological polar surface area (TPSA) is 93.1 Å². The number of hydrogen-bond acceptors (Lipinski definition) is 7. The van der Waals surface area contributed by atoms with Crippen LogP contribution in [-0.4, -0.2) is 64.9 Å². The molecule has 1 aromatic heterocycles. The van der Waals surface area contributed by atoms with Crippen molar-refractivity contribution in [2.75, 3.05) is 39.0 Å². The molecule has 1 fully saturated rings. The van der Waals surface area contributed by atoms with Gasteiger partial charge in [-0.05, 0) is 63.2 Å². The van der Waals surface area contributed by atoms with Crippen molar-refractivity contribution in [2.24, 2.45) is 4.99 Å². The zero-order valence-electron chi connectivity index (χ0n) is 18.8. The summed E-state index contributed by atoms with van der Waals surface area (Å²) in [6, 6.07) is 9.81. The number of nitrogens with one attached hydrogen (secondary N) is 4. The molecule has 0 radical (unpaired) electrons. The summed E-state index contributed by atoms with van der Waals surface area (Å²) in [5.74, 6) is 3.42. The minimum atomic E-state index is -0.0482. The molecule has 33 heavy (non-hydrogen) atoms. The summed E-state index contributed by atoms with van der Waals surface area (Å²) in [5.41, 5.74) is 1.87. The summed E-state index contributed by atoms with van der Waals surface area (Å²) in [6.07, 6.45) is 8.46. The highest BCUT2D eigenvalue weighted by atomic mass is 32.2. The first-order chi connectivity index (χ1) is 16.0. The largest absolute Gasteiger partial charge is 0.351 e. The van der Waals surface area contributed by atoms with Gasteiger partial charge in [-0.2, -0.15) is 5.10 Å². The minimum absolute atomic E-state index is 0.0482. The molecule has 1 atom stereocenters. The van der Waals surface area contributed by atoms with E-state index in [0.29, 0.717) is 24.6 Å². The maximum atomic E-state index is 12.3. The van der Waals surface area contributed by atoms with Crippen LogP contribution in [0.15, 0.2) is 64.6 Å². The van der Waals surface area contributed by atoms with Gasteiger partial charge in [-0.1, -0.05) is 0 Å². The summed E-state index contributed by atoms with van der Waals surface area (Å²) < 4.78 is 2.15. The standard InChI is InChI=1S/C23H28N8OS/c1-29(2)11-9-25-23(32)17-5-7-18(8-6-17)33-30-14-21-24-10-12-31(21)22(15-30)26-20-13-19(27-28-20)16-3-4-16/h5-8,10,12-13,15-16H,3-4,9,11,14H2,1-2H3,(H,25,32)(H2,26,27,28)/p+1. The molecule has 172 valence electrons. The molecule has 9 nitrogen and oxygen atoms in total. The highest BCUT2D eigenvalue weighted by molar-refractivity contribution is 7.97. The van der Waals surface area contributed by atoms with Gasteiger partial charge in [0.15, 0.2) is 5.82 Å². The number of carbonyl (C=O) groups is 1. The zero-order valence-corrected chi connectivity index (χ0v) is 19.7. The zero-order chi connectivity index (χ0) is 22.8. The summed E-state index contributed by atoms with van der Waals surface area (Å²) >= 11 is 1.62. The smallest absolute Gasteiger partial charge is 0.251 e. The van der Waals surface area contributed by atoms with E-state index in [9.17, 15) is 4.79 Å². The number of amides is 1. The van der Waals surface area contributed by atoms with E-state index in [1.807, 2.05) is 55.7 Å². The third kappa shape index (κ3) is 5.29. The number of benzene rings is 1. The predicted octanol–water partition coefficient (Wildman–Crippen LogP) is 1.58. The van der Waals surface area contributed by atoms with Gasteiger partial charge in [0.1, 0.15) is 12.7 Å². The second-order valence-corrected chi connectivity index (χ2v) is 9.83. The van der Waals surface area contributed by atoms with E-state index in [4.69, 9.17) is 0 Å². The number of nitrogens with zero attached hydrogens (tertiary/aromatic N) is 4. The number of amidine groups is 1. The number of aromatic amines is 1. The molecule has 0 saturated heterocycles. The Morgan fingerprint density at radius 1 is 1.30 bits per heavy atom. The van der Waals surface area contributed by atoms with Crippen LogP contribution in [0.2, 0.25) is 0 Å². The van der Waals surface area contributed by atoms with E-state index in [-0.39, 0.29) is 5.91 Å². The number of carbonyl (C=O) groups excluding carboxylic acids is 1. The Balaban J connectivity index is 1.24. The van der Waals surface area contributed by atoms with E-state index in [2.05, 4.69) is 42.4 Å². The first-order valence-electron chi connectivity index (χ1n) is 11.2. The van der Waals surface area contributed by atoms with Crippen LogP contribution in [0.4, 0.5) is 5.82 Å². The molecule has 2 aliphatic heterocycles. The van der Waals surface area contributed by atoms with Crippen LogP contribution in [-0.2, 0) is 0 Å². The maximum Gasteiger partial charge on any atom is 0.251 e. The molecular formula is C23H29N8OS+. The second-order valence-electron chi connectivity index (χ2n) is 8.71. The summed E-state index contributed by atoms with van der Waals surface area (Å²) in [5, 5.41) is 14.0. The number of hydrogen-bond donors (Lipinski definition) is 4. The molecule has 5 rings (SSSR count). The van der Waals surface area contributed by atoms with Gasteiger partial charge in [-0.3, -0.25) is 19.5 Å². The first kappa shape index (κ1) is 21.7. The van der Waals surface area contributed by atoms with Crippen molar-refractivity contribution in [3.8, 4) is 0 Å². The van der Waals surface area contributed by atoms with Crippen molar-refractivity contribution >= 4 is 29.5 Å². The third-order valence-electron chi connectivity index (χ3n) is 5.71. The number of anilines is 1. The number of likely N-dealkylation sites (N-methyl/N-ethyl adjacent to an activating group) is 1. The van der Waals surface area contributed by atoms with Crippen LogP contribution >= 0.6 is 11.9 Å². The van der Waals surface area contributed by atoms with Gasteiger partial charge in [0.05, 0.1) is 12.4 Å².